The molecule has 23 heavy (non-hydrogen) atoms. The molecular weight excluding hydrogens is 304 g/mol. The molecule has 1 aliphatic rings. The molecule has 1 aliphatic heterocycles. The summed E-state index contributed by atoms with van der Waals surface area (Å²) in [6, 6.07) is 18.6. The van der Waals surface area contributed by atoms with Gasteiger partial charge in [-0.05, 0) is 25.5 Å². The first-order chi connectivity index (χ1) is 11.2. The number of thioether (sulfide) groups is 1. The first-order valence-corrected chi connectivity index (χ1v) is 8.44. The zero-order valence-corrected chi connectivity index (χ0v) is 13.8. The Morgan fingerprint density at radius 1 is 0.957 bits per heavy atom. The predicted octanol–water partition coefficient (Wildman–Crippen LogP) is 4.00. The van der Waals surface area contributed by atoms with Crippen LogP contribution in [0.15, 0.2) is 64.9 Å². The normalized spacial score (nSPS) is 16.8. The van der Waals surface area contributed by atoms with Crippen molar-refractivity contribution in [1.29, 1.82) is 0 Å². The third-order valence-electron chi connectivity index (χ3n) is 3.83. The smallest absolute Gasteiger partial charge is 0.187 e. The fourth-order valence-electron chi connectivity index (χ4n) is 2.70. The molecule has 0 fully saturated rings. The summed E-state index contributed by atoms with van der Waals surface area (Å²) in [5.41, 5.74) is 4.43. The fraction of sp³-hybridized carbons (Fsp3) is 0.167. The molecule has 1 aromatic heterocycles. The van der Waals surface area contributed by atoms with Gasteiger partial charge in [0.2, 0.25) is 5.16 Å². The van der Waals surface area contributed by atoms with E-state index in [1.807, 2.05) is 35.0 Å². The van der Waals surface area contributed by atoms with E-state index in [0.717, 1.165) is 27.8 Å². The fourth-order valence-corrected chi connectivity index (χ4v) is 3.62. The Morgan fingerprint density at radius 2 is 1.74 bits per heavy atom. The van der Waals surface area contributed by atoms with E-state index in [-0.39, 0.29) is 5.25 Å². The van der Waals surface area contributed by atoms with E-state index >= 15 is 0 Å². The number of aromatic nitrogens is 3. The first-order valence-electron chi connectivity index (χ1n) is 7.56. The first kappa shape index (κ1) is 14.2. The number of hydrogen-bond donors (Lipinski definition) is 0. The van der Waals surface area contributed by atoms with Crippen molar-refractivity contribution < 1.29 is 0 Å². The van der Waals surface area contributed by atoms with Crippen LogP contribution < -0.4 is 0 Å². The van der Waals surface area contributed by atoms with Crippen molar-refractivity contribution in [1.82, 2.24) is 14.9 Å². The van der Waals surface area contributed by atoms with Crippen LogP contribution >= 0.6 is 11.8 Å². The van der Waals surface area contributed by atoms with E-state index in [1.165, 1.54) is 5.56 Å². The zero-order chi connectivity index (χ0) is 15.8. The van der Waals surface area contributed by atoms with Gasteiger partial charge in [0.05, 0.1) is 11.0 Å². The van der Waals surface area contributed by atoms with Gasteiger partial charge in [-0.2, -0.15) is 9.78 Å². The number of fused-ring (bicyclic) bond motifs is 1. The van der Waals surface area contributed by atoms with Gasteiger partial charge in [-0.15, -0.1) is 10.2 Å². The average molecular weight is 320 g/mol. The van der Waals surface area contributed by atoms with Crippen LogP contribution in [0.4, 0.5) is 0 Å². The van der Waals surface area contributed by atoms with Crippen LogP contribution in [0.2, 0.25) is 0 Å². The SMILES string of the molecule is Cc1cccc(-c2nnc3n2N=C(c2ccccc2)[C@H](C)S3)c1. The summed E-state index contributed by atoms with van der Waals surface area (Å²) in [7, 11) is 0. The number of aryl methyl sites for hydroxylation is 1. The van der Waals surface area contributed by atoms with Crippen molar-refractivity contribution in [3.05, 3.63) is 65.7 Å². The van der Waals surface area contributed by atoms with Crippen LogP contribution in [0.1, 0.15) is 18.1 Å². The summed E-state index contributed by atoms with van der Waals surface area (Å²) in [5, 5.41) is 14.6. The molecule has 4 rings (SSSR count). The molecule has 4 nitrogen and oxygen atoms in total. The van der Waals surface area contributed by atoms with Crippen molar-refractivity contribution in [2.45, 2.75) is 24.3 Å². The second-order valence-corrected chi connectivity index (χ2v) is 6.91. The molecule has 0 bridgehead atoms. The quantitative estimate of drug-likeness (QED) is 0.717. The number of nitrogens with zero attached hydrogens (tertiary/aromatic N) is 4. The van der Waals surface area contributed by atoms with Crippen molar-refractivity contribution in [2.24, 2.45) is 5.10 Å². The lowest BCUT2D eigenvalue weighted by Crippen LogP contribution is -2.21. The molecular formula is C18H16N4S. The molecule has 5 heteroatoms. The average Bonchev–Trinajstić information content (AvgIpc) is 2.97. The van der Waals surface area contributed by atoms with E-state index < -0.39 is 0 Å². The number of benzene rings is 2. The molecule has 3 aromatic rings. The Hall–Kier alpha value is -2.40. The van der Waals surface area contributed by atoms with Crippen LogP contribution in [-0.2, 0) is 0 Å². The third kappa shape index (κ3) is 2.57. The number of rotatable bonds is 2. The van der Waals surface area contributed by atoms with Crippen LogP contribution in [0, 0.1) is 6.92 Å². The summed E-state index contributed by atoms with van der Waals surface area (Å²) in [5.74, 6) is 0.788. The third-order valence-corrected chi connectivity index (χ3v) is 4.88. The van der Waals surface area contributed by atoms with Gasteiger partial charge in [-0.3, -0.25) is 0 Å². The molecule has 0 radical (unpaired) electrons. The predicted molar refractivity (Wildman–Crippen MR) is 93.9 cm³/mol. The maximum Gasteiger partial charge on any atom is 0.213 e. The summed E-state index contributed by atoms with van der Waals surface area (Å²) in [4.78, 5) is 0. The zero-order valence-electron chi connectivity index (χ0n) is 13.0. The Balaban J connectivity index is 1.85. The van der Waals surface area contributed by atoms with Gasteiger partial charge in [-0.1, -0.05) is 65.9 Å². The molecule has 114 valence electrons. The van der Waals surface area contributed by atoms with Crippen molar-refractivity contribution in [3.63, 3.8) is 0 Å². The highest BCUT2D eigenvalue weighted by molar-refractivity contribution is 8.00. The Morgan fingerprint density at radius 3 is 2.52 bits per heavy atom. The molecule has 2 heterocycles. The summed E-state index contributed by atoms with van der Waals surface area (Å²) < 4.78 is 1.86. The number of hydrogen-bond acceptors (Lipinski definition) is 4. The van der Waals surface area contributed by atoms with E-state index in [4.69, 9.17) is 5.10 Å². The second-order valence-electron chi connectivity index (χ2n) is 5.60. The van der Waals surface area contributed by atoms with E-state index in [0.29, 0.717) is 0 Å². The van der Waals surface area contributed by atoms with Gasteiger partial charge in [-0.25, -0.2) is 0 Å². The molecule has 0 saturated heterocycles. The molecule has 0 N–H and O–H groups in total. The highest BCUT2D eigenvalue weighted by Gasteiger charge is 2.26. The maximum absolute atomic E-state index is 4.85. The maximum atomic E-state index is 4.85. The molecule has 0 saturated carbocycles. The summed E-state index contributed by atoms with van der Waals surface area (Å²) in [6.07, 6.45) is 0. The van der Waals surface area contributed by atoms with Crippen LogP contribution in [0.5, 0.6) is 0 Å². The highest BCUT2D eigenvalue weighted by Crippen LogP contribution is 2.32. The minimum Gasteiger partial charge on any atom is -0.187 e. The van der Waals surface area contributed by atoms with E-state index in [1.54, 1.807) is 11.8 Å². The van der Waals surface area contributed by atoms with Gasteiger partial charge < -0.3 is 0 Å². The lowest BCUT2D eigenvalue weighted by molar-refractivity contribution is 0.754. The van der Waals surface area contributed by atoms with Gasteiger partial charge in [0.15, 0.2) is 5.82 Å². The van der Waals surface area contributed by atoms with E-state index in [2.05, 4.69) is 48.3 Å². The standard InChI is InChI=1S/C18H16N4S/c1-12-7-6-10-15(11-12)17-19-20-18-22(17)21-16(13(2)23-18)14-8-4-3-5-9-14/h3-11,13H,1-2H3/t13-/m0/s1. The lowest BCUT2D eigenvalue weighted by Gasteiger charge is -2.19. The van der Waals surface area contributed by atoms with Crippen LogP contribution in [-0.4, -0.2) is 25.8 Å². The molecule has 1 atom stereocenters. The van der Waals surface area contributed by atoms with Crippen LogP contribution in [0.25, 0.3) is 11.4 Å². The molecule has 0 unspecified atom stereocenters. The largest absolute Gasteiger partial charge is 0.213 e. The molecule has 2 aromatic carbocycles. The Labute approximate surface area is 139 Å². The van der Waals surface area contributed by atoms with Crippen LogP contribution in [0.3, 0.4) is 0 Å². The van der Waals surface area contributed by atoms with Crippen molar-refractivity contribution in [2.75, 3.05) is 0 Å². The second kappa shape index (κ2) is 5.66. The monoisotopic (exact) mass is 320 g/mol. The molecule has 0 aliphatic carbocycles. The van der Waals surface area contributed by atoms with E-state index in [9.17, 15) is 0 Å². The van der Waals surface area contributed by atoms with Gasteiger partial charge >= 0.3 is 0 Å². The lowest BCUT2D eigenvalue weighted by atomic mass is 10.1. The minimum absolute atomic E-state index is 0.249. The minimum atomic E-state index is 0.249. The van der Waals surface area contributed by atoms with Gasteiger partial charge in [0.1, 0.15) is 0 Å². The molecule has 0 amide bonds. The summed E-state index contributed by atoms with van der Waals surface area (Å²) in [6.45, 7) is 4.23. The highest BCUT2D eigenvalue weighted by atomic mass is 32.2. The van der Waals surface area contributed by atoms with Crippen molar-refractivity contribution in [3.8, 4) is 11.4 Å². The molecule has 0 spiro atoms. The van der Waals surface area contributed by atoms with Gasteiger partial charge in [0, 0.05) is 5.56 Å². The Kier molecular flexibility index (Phi) is 3.50. The summed E-state index contributed by atoms with van der Waals surface area (Å²) >= 11 is 1.69. The van der Waals surface area contributed by atoms with Gasteiger partial charge in [0.25, 0.3) is 0 Å². The van der Waals surface area contributed by atoms with Crippen molar-refractivity contribution >= 4 is 17.5 Å². The Bertz CT molecular complexity index is 883. The topological polar surface area (TPSA) is 43.1 Å².